The Bertz CT molecular complexity index is 543. The third kappa shape index (κ3) is 4.38. The van der Waals surface area contributed by atoms with Crippen LogP contribution in [0.4, 0.5) is 18.0 Å². The van der Waals surface area contributed by atoms with E-state index in [9.17, 15) is 18.0 Å². The number of rotatable bonds is 6. The summed E-state index contributed by atoms with van der Waals surface area (Å²) in [5.74, 6) is -0.248. The minimum Gasteiger partial charge on any atom is -0.472 e. The molecular formula is C13H15F3N2O5. The van der Waals surface area contributed by atoms with Crippen molar-refractivity contribution in [3.05, 3.63) is 18.3 Å². The number of carbonyl (C=O) groups is 1. The van der Waals surface area contributed by atoms with E-state index in [2.05, 4.69) is 9.72 Å². The van der Waals surface area contributed by atoms with Gasteiger partial charge in [-0.25, -0.2) is 14.2 Å². The lowest BCUT2D eigenvalue weighted by Crippen LogP contribution is -2.36. The molecule has 23 heavy (non-hydrogen) atoms. The number of amides is 1. The number of ether oxygens (including phenoxy) is 2. The maximum Gasteiger partial charge on any atom is 0.427 e. The Labute approximate surface area is 129 Å². The van der Waals surface area contributed by atoms with E-state index in [0.717, 1.165) is 17.2 Å². The largest absolute Gasteiger partial charge is 0.472 e. The predicted octanol–water partition coefficient (Wildman–Crippen LogP) is 1.51. The van der Waals surface area contributed by atoms with Gasteiger partial charge in [-0.3, -0.25) is 4.90 Å². The molecule has 2 N–H and O–H groups in total. The number of alkyl halides is 3. The van der Waals surface area contributed by atoms with Crippen LogP contribution in [0.15, 0.2) is 18.3 Å². The molecule has 1 amide bonds. The molecule has 0 bridgehead atoms. The van der Waals surface area contributed by atoms with E-state index in [1.807, 2.05) is 0 Å². The molecule has 0 aliphatic carbocycles. The highest BCUT2D eigenvalue weighted by molar-refractivity contribution is 5.66. The fraction of sp³-hybridized carbons (Fsp3) is 0.538. The average Bonchev–Trinajstić information content (AvgIpc) is 2.92. The summed E-state index contributed by atoms with van der Waals surface area (Å²) in [6.07, 6.45) is -4.38. The molecular weight excluding hydrogens is 321 g/mol. The molecule has 2 heterocycles. The summed E-state index contributed by atoms with van der Waals surface area (Å²) < 4.78 is 47.0. The quantitative estimate of drug-likeness (QED) is 0.818. The van der Waals surface area contributed by atoms with Crippen LogP contribution in [0.2, 0.25) is 0 Å². The van der Waals surface area contributed by atoms with Crippen molar-refractivity contribution in [1.29, 1.82) is 0 Å². The van der Waals surface area contributed by atoms with Crippen LogP contribution in [0, 0.1) is 0 Å². The number of hydrogen-bond donors (Lipinski definition) is 2. The molecule has 0 spiro atoms. The molecule has 0 saturated carbocycles. The van der Waals surface area contributed by atoms with Crippen LogP contribution in [0.3, 0.4) is 0 Å². The number of pyridine rings is 1. The maximum absolute atomic E-state index is 12.7. The van der Waals surface area contributed by atoms with E-state index < -0.39 is 31.0 Å². The zero-order valence-electron chi connectivity index (χ0n) is 11.9. The third-order valence-electron chi connectivity index (χ3n) is 3.25. The molecule has 1 aromatic rings. The smallest absolute Gasteiger partial charge is 0.427 e. The van der Waals surface area contributed by atoms with Crippen LogP contribution in [-0.4, -0.2) is 64.3 Å². The van der Waals surface area contributed by atoms with E-state index in [-0.39, 0.29) is 31.2 Å². The summed E-state index contributed by atoms with van der Waals surface area (Å²) in [7, 11) is 0. The average molecular weight is 336 g/mol. The molecule has 1 aliphatic rings. The lowest BCUT2D eigenvalue weighted by Gasteiger charge is -2.18. The second-order valence-corrected chi connectivity index (χ2v) is 4.95. The Kier molecular flexibility index (Phi) is 5.14. The van der Waals surface area contributed by atoms with Crippen LogP contribution < -0.4 is 9.47 Å². The van der Waals surface area contributed by atoms with Crippen LogP contribution in [0.25, 0.3) is 0 Å². The van der Waals surface area contributed by atoms with Crippen molar-refractivity contribution >= 4 is 6.09 Å². The number of halogens is 3. The highest BCUT2D eigenvalue weighted by atomic mass is 19.3. The van der Waals surface area contributed by atoms with Crippen molar-refractivity contribution in [3.63, 3.8) is 0 Å². The van der Waals surface area contributed by atoms with Gasteiger partial charge in [0.15, 0.2) is 6.67 Å². The number of aliphatic hydroxyl groups is 1. The summed E-state index contributed by atoms with van der Waals surface area (Å²) in [6, 6.07) is 1.82. The molecule has 7 nitrogen and oxygen atoms in total. The normalized spacial score (nSPS) is 21.3. The Morgan fingerprint density at radius 3 is 2.70 bits per heavy atom. The minimum absolute atomic E-state index is 0.0560. The number of hydrogen-bond acceptors (Lipinski definition) is 5. The van der Waals surface area contributed by atoms with Crippen molar-refractivity contribution in [2.45, 2.75) is 24.7 Å². The molecule has 2 rings (SSSR count). The molecule has 1 saturated heterocycles. The lowest BCUT2D eigenvalue weighted by atomic mass is 10.2. The summed E-state index contributed by atoms with van der Waals surface area (Å²) in [6.45, 7) is -2.23. The van der Waals surface area contributed by atoms with E-state index in [0.29, 0.717) is 0 Å². The molecule has 2 atom stereocenters. The van der Waals surface area contributed by atoms with Gasteiger partial charge in [0.25, 0.3) is 0 Å². The molecule has 2 unspecified atom stereocenters. The Hall–Kier alpha value is -2.23. The van der Waals surface area contributed by atoms with Crippen molar-refractivity contribution in [2.75, 3.05) is 19.8 Å². The van der Waals surface area contributed by atoms with Crippen molar-refractivity contribution < 1.29 is 37.7 Å². The molecule has 128 valence electrons. The Morgan fingerprint density at radius 1 is 1.48 bits per heavy atom. The maximum atomic E-state index is 12.7. The van der Waals surface area contributed by atoms with Crippen LogP contribution in [0.1, 0.15) is 6.42 Å². The van der Waals surface area contributed by atoms with Crippen LogP contribution in [0.5, 0.6) is 11.6 Å². The number of aliphatic hydroxyl groups excluding tert-OH is 1. The fourth-order valence-corrected chi connectivity index (χ4v) is 2.23. The monoisotopic (exact) mass is 336 g/mol. The number of likely N-dealkylation sites (tertiary alicyclic amines) is 1. The first-order valence-corrected chi connectivity index (χ1v) is 6.70. The Morgan fingerprint density at radius 2 is 2.22 bits per heavy atom. The summed E-state index contributed by atoms with van der Waals surface area (Å²) >= 11 is 0. The van der Waals surface area contributed by atoms with Crippen LogP contribution >= 0.6 is 0 Å². The van der Waals surface area contributed by atoms with Gasteiger partial charge < -0.3 is 19.7 Å². The van der Waals surface area contributed by atoms with E-state index in [4.69, 9.17) is 14.9 Å². The van der Waals surface area contributed by atoms with Gasteiger partial charge in [0.2, 0.25) is 5.88 Å². The van der Waals surface area contributed by atoms with E-state index in [1.54, 1.807) is 0 Å². The number of carboxylic acid groups (broad SMARTS) is 1. The summed E-state index contributed by atoms with van der Waals surface area (Å²) in [4.78, 5) is 15.8. The van der Waals surface area contributed by atoms with Gasteiger partial charge >= 0.3 is 12.2 Å². The topological polar surface area (TPSA) is 92.1 Å². The molecule has 1 aromatic heterocycles. The van der Waals surface area contributed by atoms with Crippen molar-refractivity contribution in [3.8, 4) is 11.6 Å². The minimum atomic E-state index is -3.92. The SMILES string of the molecule is O=C(O)N1CC(Oc2ccc(OC(F)(F)CF)cn2)CC1CO. The van der Waals surface area contributed by atoms with Gasteiger partial charge in [-0.2, -0.15) is 8.78 Å². The van der Waals surface area contributed by atoms with Crippen molar-refractivity contribution in [2.24, 2.45) is 0 Å². The molecule has 0 aromatic carbocycles. The fourth-order valence-electron chi connectivity index (χ4n) is 2.23. The second-order valence-electron chi connectivity index (χ2n) is 4.95. The summed E-state index contributed by atoms with van der Waals surface area (Å²) in [5, 5.41) is 18.1. The predicted molar refractivity (Wildman–Crippen MR) is 70.4 cm³/mol. The van der Waals surface area contributed by atoms with E-state index >= 15 is 0 Å². The van der Waals surface area contributed by atoms with Crippen LogP contribution in [-0.2, 0) is 0 Å². The molecule has 10 heteroatoms. The lowest BCUT2D eigenvalue weighted by molar-refractivity contribution is -0.186. The highest BCUT2D eigenvalue weighted by Gasteiger charge is 2.36. The first-order chi connectivity index (χ1) is 10.8. The molecule has 1 aliphatic heterocycles. The van der Waals surface area contributed by atoms with Gasteiger partial charge in [0.05, 0.1) is 25.4 Å². The third-order valence-corrected chi connectivity index (χ3v) is 3.25. The van der Waals surface area contributed by atoms with Gasteiger partial charge in [-0.1, -0.05) is 0 Å². The Balaban J connectivity index is 1.95. The number of aromatic nitrogens is 1. The second kappa shape index (κ2) is 6.90. The first kappa shape index (κ1) is 17.1. The number of nitrogens with zero attached hydrogens (tertiary/aromatic N) is 2. The first-order valence-electron chi connectivity index (χ1n) is 6.70. The van der Waals surface area contributed by atoms with Gasteiger partial charge in [0, 0.05) is 12.5 Å². The van der Waals surface area contributed by atoms with E-state index in [1.165, 1.54) is 6.07 Å². The standard InChI is InChI=1S/C13H15F3N2O5/c14-7-13(15,16)23-9-1-2-11(17-4-9)22-10-3-8(6-19)18(5-10)12(20)21/h1-2,4,8,10,19H,3,5-7H2,(H,20,21). The molecule has 1 fully saturated rings. The summed E-state index contributed by atoms with van der Waals surface area (Å²) in [5.41, 5.74) is 0. The van der Waals surface area contributed by atoms with Gasteiger partial charge in [0.1, 0.15) is 11.9 Å². The molecule has 0 radical (unpaired) electrons. The zero-order chi connectivity index (χ0) is 17.0. The highest BCUT2D eigenvalue weighted by Crippen LogP contribution is 2.25. The van der Waals surface area contributed by atoms with Gasteiger partial charge in [-0.15, -0.1) is 0 Å². The zero-order valence-corrected chi connectivity index (χ0v) is 11.9. The van der Waals surface area contributed by atoms with Gasteiger partial charge in [-0.05, 0) is 6.07 Å². The van der Waals surface area contributed by atoms with Crippen molar-refractivity contribution in [1.82, 2.24) is 9.88 Å².